The molecule has 0 aliphatic carbocycles. The van der Waals surface area contributed by atoms with E-state index in [1.165, 1.54) is 12.3 Å². The molecule has 0 radical (unpaired) electrons. The molecule has 88 valence electrons. The van der Waals surface area contributed by atoms with Crippen molar-refractivity contribution in [1.82, 2.24) is 9.55 Å². The Morgan fingerprint density at radius 2 is 2.44 bits per heavy atom. The van der Waals surface area contributed by atoms with Crippen LogP contribution in [-0.2, 0) is 4.74 Å². The zero-order chi connectivity index (χ0) is 11.7. The van der Waals surface area contributed by atoms with Gasteiger partial charge >= 0.3 is 5.69 Å². The number of anilines is 1. The Morgan fingerprint density at radius 3 is 3.00 bits per heavy atom. The summed E-state index contributed by atoms with van der Waals surface area (Å²) in [6.07, 6.45) is -0.390. The summed E-state index contributed by atoms with van der Waals surface area (Å²) in [5, 5.41) is 18.6. The molecular formula is C9H13N3O4. The Morgan fingerprint density at radius 1 is 1.69 bits per heavy atom. The number of rotatable bonds is 2. The molecule has 16 heavy (non-hydrogen) atoms. The molecule has 2 rings (SSSR count). The third-order valence-corrected chi connectivity index (χ3v) is 2.49. The minimum Gasteiger partial charge on any atom is -0.394 e. The van der Waals surface area contributed by atoms with Crippen molar-refractivity contribution in [3.05, 3.63) is 22.7 Å². The van der Waals surface area contributed by atoms with E-state index in [4.69, 9.17) is 15.6 Å². The van der Waals surface area contributed by atoms with Crippen LogP contribution in [0.4, 0.5) is 5.82 Å². The predicted octanol–water partition coefficient (Wildman–Crippen LogP) is -1.53. The molecule has 1 saturated heterocycles. The quantitative estimate of drug-likeness (QED) is 0.565. The molecule has 1 aromatic rings. The highest BCUT2D eigenvalue weighted by atomic mass is 16.5. The lowest BCUT2D eigenvalue weighted by Gasteiger charge is -2.16. The first kappa shape index (κ1) is 11.1. The van der Waals surface area contributed by atoms with Crippen molar-refractivity contribution in [3.63, 3.8) is 0 Å². The standard InChI is InChI=1S/C9H13N3O4/c10-7-1-2-12(9(15)11-7)8-6(14)3-5(4-13)16-8/h1-2,5-6,8,13-14H,3-4H2,(H2,10,11,15)/t5-,6+,8?/m0/s1. The van der Waals surface area contributed by atoms with Crippen LogP contribution in [0.15, 0.2) is 17.1 Å². The minimum absolute atomic E-state index is 0.118. The molecule has 1 aliphatic heterocycles. The summed E-state index contributed by atoms with van der Waals surface area (Å²) in [6, 6.07) is 1.45. The summed E-state index contributed by atoms with van der Waals surface area (Å²) in [5.41, 5.74) is 4.77. The van der Waals surface area contributed by atoms with Gasteiger partial charge in [0, 0.05) is 12.6 Å². The summed E-state index contributed by atoms with van der Waals surface area (Å²) >= 11 is 0. The van der Waals surface area contributed by atoms with Crippen molar-refractivity contribution in [1.29, 1.82) is 0 Å². The lowest BCUT2D eigenvalue weighted by molar-refractivity contribution is -0.0529. The molecule has 0 aromatic carbocycles. The van der Waals surface area contributed by atoms with E-state index in [-0.39, 0.29) is 18.8 Å². The average Bonchev–Trinajstić information content (AvgIpc) is 2.60. The van der Waals surface area contributed by atoms with Gasteiger partial charge in [0.15, 0.2) is 6.23 Å². The van der Waals surface area contributed by atoms with Gasteiger partial charge < -0.3 is 20.7 Å². The molecule has 1 aliphatic rings. The summed E-state index contributed by atoms with van der Waals surface area (Å²) < 4.78 is 6.48. The largest absolute Gasteiger partial charge is 0.394 e. The first-order chi connectivity index (χ1) is 7.61. The van der Waals surface area contributed by atoms with Crippen molar-refractivity contribution in [2.24, 2.45) is 0 Å². The fourth-order valence-corrected chi connectivity index (χ4v) is 1.72. The van der Waals surface area contributed by atoms with Crippen LogP contribution < -0.4 is 11.4 Å². The molecule has 1 unspecified atom stereocenters. The molecule has 7 nitrogen and oxygen atoms in total. The molecular weight excluding hydrogens is 214 g/mol. The number of hydrogen-bond acceptors (Lipinski definition) is 6. The van der Waals surface area contributed by atoms with Crippen LogP contribution in [0.25, 0.3) is 0 Å². The van der Waals surface area contributed by atoms with Crippen molar-refractivity contribution in [2.45, 2.75) is 24.9 Å². The van der Waals surface area contributed by atoms with Gasteiger partial charge in [-0.25, -0.2) is 4.79 Å². The van der Waals surface area contributed by atoms with Gasteiger partial charge in [-0.3, -0.25) is 4.57 Å². The Kier molecular flexibility index (Phi) is 2.90. The van der Waals surface area contributed by atoms with Gasteiger partial charge in [-0.05, 0) is 6.07 Å². The van der Waals surface area contributed by atoms with Gasteiger partial charge in [0.1, 0.15) is 11.9 Å². The molecule has 0 amide bonds. The zero-order valence-corrected chi connectivity index (χ0v) is 8.48. The van der Waals surface area contributed by atoms with Crippen LogP contribution in [0.2, 0.25) is 0 Å². The van der Waals surface area contributed by atoms with E-state index in [2.05, 4.69) is 4.98 Å². The Labute approximate surface area is 91.1 Å². The van der Waals surface area contributed by atoms with Crippen LogP contribution in [0.3, 0.4) is 0 Å². The molecule has 1 fully saturated rings. The second kappa shape index (κ2) is 4.20. The molecule has 7 heteroatoms. The van der Waals surface area contributed by atoms with Crippen molar-refractivity contribution < 1.29 is 14.9 Å². The number of nitrogens with two attached hydrogens (primary N) is 1. The topological polar surface area (TPSA) is 111 Å². The summed E-state index contributed by atoms with van der Waals surface area (Å²) in [6.45, 7) is -0.190. The maximum absolute atomic E-state index is 11.5. The van der Waals surface area contributed by atoms with Gasteiger partial charge in [-0.15, -0.1) is 0 Å². The first-order valence-corrected chi connectivity index (χ1v) is 4.91. The van der Waals surface area contributed by atoms with Gasteiger partial charge in [0.2, 0.25) is 0 Å². The Bertz CT molecular complexity index is 433. The van der Waals surface area contributed by atoms with E-state index >= 15 is 0 Å². The van der Waals surface area contributed by atoms with Gasteiger partial charge in [-0.2, -0.15) is 4.98 Å². The summed E-state index contributed by atoms with van der Waals surface area (Å²) in [7, 11) is 0. The van der Waals surface area contributed by atoms with E-state index in [0.717, 1.165) is 4.57 Å². The van der Waals surface area contributed by atoms with Crippen LogP contribution in [0.1, 0.15) is 12.6 Å². The highest BCUT2D eigenvalue weighted by Gasteiger charge is 2.35. The van der Waals surface area contributed by atoms with Crippen molar-refractivity contribution in [3.8, 4) is 0 Å². The van der Waals surface area contributed by atoms with Crippen LogP contribution >= 0.6 is 0 Å². The fourth-order valence-electron chi connectivity index (χ4n) is 1.72. The lowest BCUT2D eigenvalue weighted by atomic mass is 10.2. The van der Waals surface area contributed by atoms with Gasteiger partial charge in [-0.1, -0.05) is 0 Å². The Hall–Kier alpha value is -1.44. The number of aromatic nitrogens is 2. The minimum atomic E-state index is -0.833. The highest BCUT2D eigenvalue weighted by Crippen LogP contribution is 2.27. The monoisotopic (exact) mass is 227 g/mol. The van der Waals surface area contributed by atoms with Gasteiger partial charge in [0.05, 0.1) is 12.7 Å². The Balaban J connectivity index is 2.28. The number of hydrogen-bond donors (Lipinski definition) is 3. The molecule has 2 heterocycles. The maximum Gasteiger partial charge on any atom is 0.351 e. The normalized spacial score (nSPS) is 29.5. The zero-order valence-electron chi connectivity index (χ0n) is 8.48. The van der Waals surface area contributed by atoms with Crippen molar-refractivity contribution >= 4 is 5.82 Å². The number of ether oxygens (including phenoxy) is 1. The predicted molar refractivity (Wildman–Crippen MR) is 54.5 cm³/mol. The summed E-state index contributed by atoms with van der Waals surface area (Å²) in [4.78, 5) is 15.0. The van der Waals surface area contributed by atoms with E-state index in [0.29, 0.717) is 0 Å². The average molecular weight is 227 g/mol. The van der Waals surface area contributed by atoms with Crippen LogP contribution in [0, 0.1) is 0 Å². The summed E-state index contributed by atoms with van der Waals surface area (Å²) in [5.74, 6) is 0.118. The molecule has 0 bridgehead atoms. The van der Waals surface area contributed by atoms with E-state index < -0.39 is 24.1 Å². The first-order valence-electron chi connectivity index (χ1n) is 4.91. The van der Waals surface area contributed by atoms with E-state index in [1.807, 2.05) is 0 Å². The second-order valence-electron chi connectivity index (χ2n) is 3.68. The molecule has 3 atom stereocenters. The molecule has 4 N–H and O–H groups in total. The molecule has 0 saturated carbocycles. The van der Waals surface area contributed by atoms with Crippen LogP contribution in [-0.4, -0.2) is 38.6 Å². The van der Waals surface area contributed by atoms with Crippen molar-refractivity contribution in [2.75, 3.05) is 12.3 Å². The van der Waals surface area contributed by atoms with Crippen LogP contribution in [0.5, 0.6) is 0 Å². The molecule has 0 spiro atoms. The van der Waals surface area contributed by atoms with Gasteiger partial charge in [0.25, 0.3) is 0 Å². The second-order valence-corrected chi connectivity index (χ2v) is 3.68. The van der Waals surface area contributed by atoms with E-state index in [1.54, 1.807) is 0 Å². The lowest BCUT2D eigenvalue weighted by Crippen LogP contribution is -2.31. The third-order valence-electron chi connectivity index (χ3n) is 2.49. The number of nitrogen functional groups attached to an aromatic ring is 1. The fraction of sp³-hybridized carbons (Fsp3) is 0.556. The smallest absolute Gasteiger partial charge is 0.351 e. The molecule has 1 aromatic heterocycles. The highest BCUT2D eigenvalue weighted by molar-refractivity contribution is 5.23. The SMILES string of the molecule is Nc1ccn(C2O[C@H](CO)C[C@H]2O)c(=O)n1. The number of nitrogens with zero attached hydrogens (tertiary/aromatic N) is 2. The number of aliphatic hydroxyl groups excluding tert-OH is 2. The number of aliphatic hydroxyl groups is 2. The third kappa shape index (κ3) is 1.92. The van der Waals surface area contributed by atoms with E-state index in [9.17, 15) is 9.90 Å². The maximum atomic E-state index is 11.5.